The van der Waals surface area contributed by atoms with E-state index in [0.29, 0.717) is 24.5 Å². The largest absolute Gasteiger partial charge is 0.497 e. The SMILES string of the molecule is CCNC(=O)/C=C(\C=C(\C)c1cccc(OC)c1)c1ccc(NC(=NC)NC(=O)NCC)c(-c2ccccn2)c1. The number of urea groups is 1. The van der Waals surface area contributed by atoms with E-state index in [-0.39, 0.29) is 17.9 Å². The summed E-state index contributed by atoms with van der Waals surface area (Å²) in [6, 6.07) is 18.8. The first-order valence-corrected chi connectivity index (χ1v) is 13.0. The first kappa shape index (κ1) is 29.6. The number of aliphatic imine (C=N–C) groups is 1. The number of pyridine rings is 1. The minimum absolute atomic E-state index is 0.194. The van der Waals surface area contributed by atoms with E-state index in [1.54, 1.807) is 26.4 Å². The molecule has 9 heteroatoms. The molecule has 9 nitrogen and oxygen atoms in total. The molecule has 0 aliphatic rings. The Hall–Kier alpha value is -4.92. The molecule has 0 radical (unpaired) electrons. The molecular weight excluding hydrogens is 504 g/mol. The quantitative estimate of drug-likeness (QED) is 0.130. The number of allylic oxidation sites excluding steroid dienone is 3. The molecule has 0 aliphatic carbocycles. The molecule has 4 N–H and O–H groups in total. The zero-order chi connectivity index (χ0) is 28.9. The Kier molecular flexibility index (Phi) is 11.0. The van der Waals surface area contributed by atoms with Crippen LogP contribution in [0.15, 0.2) is 84.0 Å². The predicted molar refractivity (Wildman–Crippen MR) is 162 cm³/mol. The van der Waals surface area contributed by atoms with Crippen LogP contribution in [-0.4, -0.2) is 50.1 Å². The average Bonchev–Trinajstić information content (AvgIpc) is 2.97. The Morgan fingerprint density at radius 2 is 1.75 bits per heavy atom. The second-order valence-corrected chi connectivity index (χ2v) is 8.71. The maximum Gasteiger partial charge on any atom is 0.321 e. The van der Waals surface area contributed by atoms with E-state index in [4.69, 9.17) is 4.74 Å². The van der Waals surface area contributed by atoms with E-state index in [9.17, 15) is 9.59 Å². The molecule has 3 aromatic rings. The summed E-state index contributed by atoms with van der Waals surface area (Å²) in [5.74, 6) is 0.838. The average molecular weight is 541 g/mol. The van der Waals surface area contributed by atoms with Crippen LogP contribution in [0.5, 0.6) is 5.75 Å². The number of guanidine groups is 1. The normalized spacial score (nSPS) is 12.0. The van der Waals surface area contributed by atoms with Crippen LogP contribution in [0.3, 0.4) is 0 Å². The molecule has 0 spiro atoms. The second kappa shape index (κ2) is 14.9. The van der Waals surface area contributed by atoms with Crippen LogP contribution in [-0.2, 0) is 4.79 Å². The molecular formula is C31H36N6O3. The van der Waals surface area contributed by atoms with Gasteiger partial charge < -0.3 is 20.7 Å². The van der Waals surface area contributed by atoms with Gasteiger partial charge in [0.1, 0.15) is 5.75 Å². The fraction of sp³-hybridized carbons (Fsp3) is 0.226. The highest BCUT2D eigenvalue weighted by molar-refractivity contribution is 6.06. The molecule has 0 unspecified atom stereocenters. The van der Waals surface area contributed by atoms with Gasteiger partial charge in [-0.1, -0.05) is 30.3 Å². The van der Waals surface area contributed by atoms with Gasteiger partial charge in [0.05, 0.1) is 18.5 Å². The Morgan fingerprint density at radius 3 is 2.42 bits per heavy atom. The summed E-state index contributed by atoms with van der Waals surface area (Å²) in [5.41, 5.74) is 5.64. The lowest BCUT2D eigenvalue weighted by atomic mass is 9.96. The first-order valence-electron chi connectivity index (χ1n) is 13.0. The Labute approximate surface area is 235 Å². The van der Waals surface area contributed by atoms with E-state index in [2.05, 4.69) is 31.2 Å². The molecule has 1 aromatic heterocycles. The Morgan fingerprint density at radius 1 is 0.950 bits per heavy atom. The lowest BCUT2D eigenvalue weighted by Crippen LogP contribution is -2.42. The number of nitrogens with one attached hydrogen (secondary N) is 4. The van der Waals surface area contributed by atoms with Gasteiger partial charge in [-0.25, -0.2) is 4.79 Å². The van der Waals surface area contributed by atoms with Crippen molar-refractivity contribution < 1.29 is 14.3 Å². The van der Waals surface area contributed by atoms with Gasteiger partial charge in [0.15, 0.2) is 0 Å². The number of carbonyl (C=O) groups is 2. The van der Waals surface area contributed by atoms with Gasteiger partial charge in [0.25, 0.3) is 0 Å². The molecule has 0 fully saturated rings. The van der Waals surface area contributed by atoms with Gasteiger partial charge in [-0.2, -0.15) is 0 Å². The standard InChI is InChI=1S/C31H36N6O3/c1-6-33-29(38)20-24(17-21(3)22-11-10-12-25(18-22)40-5)23-14-15-28(26(19-23)27-13-8-9-16-35-27)36-30(32-4)37-31(39)34-7-2/h8-20H,6-7H2,1-5H3,(H,33,38)(H3,32,34,36,37,39)/b21-17-,24-20+. The fourth-order valence-electron chi connectivity index (χ4n) is 3.91. The van der Waals surface area contributed by atoms with Crippen molar-refractivity contribution in [3.8, 4) is 17.0 Å². The number of methoxy groups -OCH3 is 1. The smallest absolute Gasteiger partial charge is 0.321 e. The highest BCUT2D eigenvalue weighted by Gasteiger charge is 2.14. The van der Waals surface area contributed by atoms with Crippen molar-refractivity contribution in [2.24, 2.45) is 4.99 Å². The van der Waals surface area contributed by atoms with Crippen LogP contribution in [0.4, 0.5) is 10.5 Å². The molecule has 1 heterocycles. The maximum atomic E-state index is 12.7. The number of hydrogen-bond donors (Lipinski definition) is 4. The molecule has 0 saturated carbocycles. The monoisotopic (exact) mass is 540 g/mol. The number of ether oxygens (including phenoxy) is 1. The molecule has 0 atom stereocenters. The molecule has 0 bridgehead atoms. The number of rotatable bonds is 9. The van der Waals surface area contributed by atoms with E-state index in [1.165, 1.54) is 0 Å². The van der Waals surface area contributed by atoms with Gasteiger partial charge >= 0.3 is 6.03 Å². The van der Waals surface area contributed by atoms with Crippen molar-refractivity contribution >= 4 is 34.7 Å². The van der Waals surface area contributed by atoms with Crippen molar-refractivity contribution in [1.82, 2.24) is 20.9 Å². The summed E-state index contributed by atoms with van der Waals surface area (Å²) in [5, 5.41) is 11.4. The zero-order valence-corrected chi connectivity index (χ0v) is 23.5. The van der Waals surface area contributed by atoms with Gasteiger partial charge in [0, 0.05) is 38.0 Å². The summed E-state index contributed by atoms with van der Waals surface area (Å²) < 4.78 is 5.39. The van der Waals surface area contributed by atoms with E-state index >= 15 is 0 Å². The van der Waals surface area contributed by atoms with Crippen LogP contribution < -0.4 is 26.0 Å². The summed E-state index contributed by atoms with van der Waals surface area (Å²) in [6.07, 6.45) is 5.28. The van der Waals surface area contributed by atoms with Crippen molar-refractivity contribution in [2.45, 2.75) is 20.8 Å². The van der Waals surface area contributed by atoms with Crippen molar-refractivity contribution in [2.75, 3.05) is 32.6 Å². The summed E-state index contributed by atoms with van der Waals surface area (Å²) >= 11 is 0. The molecule has 208 valence electrons. The number of nitrogens with zero attached hydrogens (tertiary/aromatic N) is 2. The fourth-order valence-corrected chi connectivity index (χ4v) is 3.91. The highest BCUT2D eigenvalue weighted by atomic mass is 16.5. The van der Waals surface area contributed by atoms with Crippen molar-refractivity contribution in [3.05, 3.63) is 90.1 Å². The molecule has 0 saturated heterocycles. The van der Waals surface area contributed by atoms with Crippen LogP contribution in [0, 0.1) is 0 Å². The zero-order valence-electron chi connectivity index (χ0n) is 23.5. The number of amides is 3. The third kappa shape index (κ3) is 8.29. The number of likely N-dealkylation sites (N-methyl/N-ethyl adjacent to an activating group) is 1. The Bertz CT molecular complexity index is 1410. The van der Waals surface area contributed by atoms with E-state index in [1.807, 2.05) is 87.5 Å². The topological polar surface area (TPSA) is 117 Å². The minimum atomic E-state index is -0.364. The van der Waals surface area contributed by atoms with Crippen LogP contribution >= 0.6 is 0 Å². The lowest BCUT2D eigenvalue weighted by molar-refractivity contribution is -0.116. The number of carbonyl (C=O) groups excluding carboxylic acids is 2. The summed E-state index contributed by atoms with van der Waals surface area (Å²) in [7, 11) is 3.22. The van der Waals surface area contributed by atoms with Gasteiger partial charge in [0.2, 0.25) is 11.9 Å². The second-order valence-electron chi connectivity index (χ2n) is 8.71. The summed E-state index contributed by atoms with van der Waals surface area (Å²) in [4.78, 5) is 33.5. The summed E-state index contributed by atoms with van der Waals surface area (Å²) in [6.45, 7) is 6.71. The molecule has 40 heavy (non-hydrogen) atoms. The number of hydrogen-bond acceptors (Lipinski definition) is 5. The van der Waals surface area contributed by atoms with E-state index in [0.717, 1.165) is 33.6 Å². The molecule has 2 aromatic carbocycles. The van der Waals surface area contributed by atoms with E-state index < -0.39 is 0 Å². The van der Waals surface area contributed by atoms with Crippen LogP contribution in [0.1, 0.15) is 31.9 Å². The molecule has 0 aliphatic heterocycles. The highest BCUT2D eigenvalue weighted by Crippen LogP contribution is 2.32. The third-order valence-electron chi connectivity index (χ3n) is 5.87. The number of benzene rings is 2. The number of anilines is 1. The van der Waals surface area contributed by atoms with Crippen LogP contribution in [0.2, 0.25) is 0 Å². The van der Waals surface area contributed by atoms with Crippen LogP contribution in [0.25, 0.3) is 22.4 Å². The van der Waals surface area contributed by atoms with Crippen molar-refractivity contribution in [3.63, 3.8) is 0 Å². The maximum absolute atomic E-state index is 12.7. The van der Waals surface area contributed by atoms with Crippen molar-refractivity contribution in [1.29, 1.82) is 0 Å². The molecule has 3 amide bonds. The predicted octanol–water partition coefficient (Wildman–Crippen LogP) is 5.10. The molecule has 3 rings (SSSR count). The first-order chi connectivity index (χ1) is 19.4. The third-order valence-corrected chi connectivity index (χ3v) is 5.87. The Balaban J connectivity index is 2.11. The van der Waals surface area contributed by atoms with Gasteiger partial charge in [-0.3, -0.25) is 20.1 Å². The number of aromatic nitrogens is 1. The van der Waals surface area contributed by atoms with Gasteiger partial charge in [-0.05, 0) is 79.4 Å². The lowest BCUT2D eigenvalue weighted by Gasteiger charge is -2.16. The van der Waals surface area contributed by atoms with Gasteiger partial charge in [-0.15, -0.1) is 0 Å². The minimum Gasteiger partial charge on any atom is -0.497 e.